The third-order valence-corrected chi connectivity index (χ3v) is 7.59. The van der Waals surface area contributed by atoms with Crippen LogP contribution in [-0.4, -0.2) is 35.1 Å². The monoisotopic (exact) mass is 496 g/mol. The molecule has 3 aromatic rings. The summed E-state index contributed by atoms with van der Waals surface area (Å²) in [5, 5.41) is 2.92. The quantitative estimate of drug-likeness (QED) is 0.442. The van der Waals surface area contributed by atoms with Crippen LogP contribution in [-0.2, 0) is 21.2 Å². The number of nitrogens with one attached hydrogen (secondary N) is 1. The van der Waals surface area contributed by atoms with Crippen LogP contribution in [0.3, 0.4) is 0 Å². The number of aryl methyl sites for hydroxylation is 2. The maximum absolute atomic E-state index is 13.7. The van der Waals surface area contributed by atoms with E-state index in [1.54, 1.807) is 30.3 Å². The Morgan fingerprint density at radius 1 is 0.971 bits per heavy atom. The molecule has 0 aliphatic carbocycles. The number of benzene rings is 3. The molecule has 7 nitrogen and oxygen atoms in total. The number of carbonyl (C=O) groups excluding carboxylic acids is 1. The molecule has 0 aromatic heterocycles. The molecule has 0 bridgehead atoms. The highest BCUT2D eigenvalue weighted by Crippen LogP contribution is 2.35. The van der Waals surface area contributed by atoms with Crippen molar-refractivity contribution >= 4 is 21.6 Å². The van der Waals surface area contributed by atoms with Gasteiger partial charge in [-0.2, -0.15) is 0 Å². The molecule has 3 rings (SSSR count). The van der Waals surface area contributed by atoms with Crippen LogP contribution in [0.4, 0.5) is 5.69 Å². The van der Waals surface area contributed by atoms with Crippen molar-refractivity contribution in [3.8, 4) is 11.5 Å². The molecule has 35 heavy (non-hydrogen) atoms. The number of methoxy groups -OCH3 is 2. The van der Waals surface area contributed by atoms with Gasteiger partial charge in [0.05, 0.1) is 30.8 Å². The van der Waals surface area contributed by atoms with Crippen molar-refractivity contribution in [2.75, 3.05) is 25.1 Å². The van der Waals surface area contributed by atoms with Gasteiger partial charge in [-0.15, -0.1) is 0 Å². The lowest BCUT2D eigenvalue weighted by molar-refractivity contribution is -0.120. The summed E-state index contributed by atoms with van der Waals surface area (Å²) in [6.45, 7) is 5.39. The molecular formula is C27H32N2O5S. The fraction of sp³-hybridized carbons (Fsp3) is 0.296. The standard InChI is InChI=1S/C27H32N2O5S/c1-6-21-9-11-22(12-10-21)20(3)28-27(30)18-29(25-17-23(33-4)13-16-26(25)34-5)35(31,32)24-14-7-19(2)8-15-24/h7-17,20H,6,18H2,1-5H3,(H,28,30). The zero-order valence-electron chi connectivity index (χ0n) is 20.7. The number of ether oxygens (including phenoxy) is 2. The average Bonchev–Trinajstić information content (AvgIpc) is 2.87. The van der Waals surface area contributed by atoms with Gasteiger partial charge in [0, 0.05) is 6.07 Å². The van der Waals surface area contributed by atoms with Crippen molar-refractivity contribution in [2.24, 2.45) is 0 Å². The third-order valence-electron chi connectivity index (χ3n) is 5.82. The molecule has 1 unspecified atom stereocenters. The average molecular weight is 497 g/mol. The molecule has 3 aromatic carbocycles. The lowest BCUT2D eigenvalue weighted by Gasteiger charge is -2.27. The number of nitrogens with zero attached hydrogens (tertiary/aromatic N) is 1. The Balaban J connectivity index is 1.97. The van der Waals surface area contributed by atoms with E-state index in [0.29, 0.717) is 11.5 Å². The molecule has 186 valence electrons. The molecule has 1 N–H and O–H groups in total. The van der Waals surface area contributed by atoms with Gasteiger partial charge in [0.2, 0.25) is 5.91 Å². The minimum absolute atomic E-state index is 0.0731. The van der Waals surface area contributed by atoms with Crippen LogP contribution in [0.1, 0.15) is 36.6 Å². The zero-order chi connectivity index (χ0) is 25.6. The van der Waals surface area contributed by atoms with E-state index in [4.69, 9.17) is 9.47 Å². The Morgan fingerprint density at radius 3 is 2.20 bits per heavy atom. The van der Waals surface area contributed by atoms with Gasteiger partial charge in [0.25, 0.3) is 10.0 Å². The van der Waals surface area contributed by atoms with Gasteiger partial charge in [0.1, 0.15) is 18.0 Å². The van der Waals surface area contributed by atoms with Crippen LogP contribution in [0.5, 0.6) is 11.5 Å². The van der Waals surface area contributed by atoms with Gasteiger partial charge in [-0.3, -0.25) is 9.10 Å². The first kappa shape index (κ1) is 26.1. The summed E-state index contributed by atoms with van der Waals surface area (Å²) in [6.07, 6.45) is 0.926. The van der Waals surface area contributed by atoms with Crippen LogP contribution in [0, 0.1) is 6.92 Å². The topological polar surface area (TPSA) is 84.9 Å². The van der Waals surface area contributed by atoms with Gasteiger partial charge in [-0.1, -0.05) is 48.9 Å². The number of anilines is 1. The Labute approximate surface area is 207 Å². The number of amides is 1. The summed E-state index contributed by atoms with van der Waals surface area (Å²) in [5.74, 6) is 0.296. The van der Waals surface area contributed by atoms with Crippen LogP contribution in [0.25, 0.3) is 0 Å². The van der Waals surface area contributed by atoms with Gasteiger partial charge >= 0.3 is 0 Å². The Bertz CT molecular complexity index is 1260. The van der Waals surface area contributed by atoms with E-state index in [1.165, 1.54) is 31.9 Å². The van der Waals surface area contributed by atoms with Gasteiger partial charge in [-0.05, 0) is 55.7 Å². The SMILES string of the molecule is CCc1ccc(C(C)NC(=O)CN(c2cc(OC)ccc2OC)S(=O)(=O)c2ccc(C)cc2)cc1. The molecule has 0 spiro atoms. The second-order valence-electron chi connectivity index (χ2n) is 8.25. The summed E-state index contributed by atoms with van der Waals surface area (Å²) in [6, 6.07) is 19.0. The highest BCUT2D eigenvalue weighted by molar-refractivity contribution is 7.92. The van der Waals surface area contributed by atoms with Crippen molar-refractivity contribution in [1.29, 1.82) is 0 Å². The number of sulfonamides is 1. The second-order valence-corrected chi connectivity index (χ2v) is 10.1. The first-order chi connectivity index (χ1) is 16.7. The van der Waals surface area contributed by atoms with Crippen LogP contribution < -0.4 is 19.1 Å². The Morgan fingerprint density at radius 2 is 1.63 bits per heavy atom. The smallest absolute Gasteiger partial charge is 0.264 e. The first-order valence-corrected chi connectivity index (χ1v) is 12.8. The molecule has 0 saturated heterocycles. The highest BCUT2D eigenvalue weighted by atomic mass is 32.2. The summed E-state index contributed by atoms with van der Waals surface area (Å²) in [4.78, 5) is 13.2. The molecule has 0 aliphatic heterocycles. The summed E-state index contributed by atoms with van der Waals surface area (Å²) in [7, 11) is -1.16. The fourth-order valence-corrected chi connectivity index (χ4v) is 5.10. The van der Waals surface area contributed by atoms with Crippen LogP contribution in [0.2, 0.25) is 0 Å². The minimum Gasteiger partial charge on any atom is -0.497 e. The number of hydrogen-bond acceptors (Lipinski definition) is 5. The lowest BCUT2D eigenvalue weighted by atomic mass is 10.1. The normalized spacial score (nSPS) is 12.0. The van der Waals surface area contributed by atoms with E-state index < -0.39 is 22.5 Å². The van der Waals surface area contributed by atoms with Crippen LogP contribution >= 0.6 is 0 Å². The molecular weight excluding hydrogens is 464 g/mol. The molecule has 0 aliphatic rings. The van der Waals surface area contributed by atoms with E-state index in [2.05, 4.69) is 12.2 Å². The van der Waals surface area contributed by atoms with Crippen molar-refractivity contribution in [3.63, 3.8) is 0 Å². The predicted molar refractivity (Wildman–Crippen MR) is 138 cm³/mol. The summed E-state index contributed by atoms with van der Waals surface area (Å²) in [5.41, 5.74) is 3.27. The largest absolute Gasteiger partial charge is 0.497 e. The van der Waals surface area contributed by atoms with Gasteiger partial charge in [0.15, 0.2) is 0 Å². The first-order valence-electron chi connectivity index (χ1n) is 11.4. The molecule has 8 heteroatoms. The van der Waals surface area contributed by atoms with Crippen molar-refractivity contribution in [1.82, 2.24) is 5.32 Å². The predicted octanol–water partition coefficient (Wildman–Crippen LogP) is 4.65. The van der Waals surface area contributed by atoms with Gasteiger partial charge in [-0.25, -0.2) is 8.42 Å². The highest BCUT2D eigenvalue weighted by Gasteiger charge is 2.30. The van der Waals surface area contributed by atoms with Crippen molar-refractivity contribution in [2.45, 2.75) is 38.1 Å². The molecule has 1 amide bonds. The summed E-state index contributed by atoms with van der Waals surface area (Å²) >= 11 is 0. The fourth-order valence-electron chi connectivity index (χ4n) is 3.67. The lowest BCUT2D eigenvalue weighted by Crippen LogP contribution is -2.41. The Kier molecular flexibility index (Phi) is 8.40. The van der Waals surface area contributed by atoms with Gasteiger partial charge < -0.3 is 14.8 Å². The molecule has 0 fully saturated rings. The summed E-state index contributed by atoms with van der Waals surface area (Å²) < 4.78 is 39.2. The number of carbonyl (C=O) groups is 1. The van der Waals surface area contributed by atoms with E-state index in [0.717, 1.165) is 21.9 Å². The van der Waals surface area contributed by atoms with E-state index in [9.17, 15) is 13.2 Å². The maximum Gasteiger partial charge on any atom is 0.264 e. The minimum atomic E-state index is -4.10. The van der Waals surface area contributed by atoms with Crippen LogP contribution in [0.15, 0.2) is 71.6 Å². The van der Waals surface area contributed by atoms with Crippen molar-refractivity contribution in [3.05, 3.63) is 83.4 Å². The molecule has 0 saturated carbocycles. The number of hydrogen-bond donors (Lipinski definition) is 1. The Hall–Kier alpha value is -3.52. The van der Waals surface area contributed by atoms with E-state index in [-0.39, 0.29) is 16.6 Å². The zero-order valence-corrected chi connectivity index (χ0v) is 21.6. The third kappa shape index (κ3) is 6.14. The second kappa shape index (κ2) is 11.3. The van der Waals surface area contributed by atoms with Crippen molar-refractivity contribution < 1.29 is 22.7 Å². The molecule has 0 heterocycles. The maximum atomic E-state index is 13.7. The molecule has 1 atom stereocenters. The van der Waals surface area contributed by atoms with E-state index >= 15 is 0 Å². The number of rotatable bonds is 10. The van der Waals surface area contributed by atoms with E-state index in [1.807, 2.05) is 38.1 Å². The molecule has 0 radical (unpaired) electrons.